The van der Waals surface area contributed by atoms with Gasteiger partial charge in [0.1, 0.15) is 0 Å². The second kappa shape index (κ2) is 10.9. The third-order valence-electron chi connectivity index (χ3n) is 9.39. The summed E-state index contributed by atoms with van der Waals surface area (Å²) in [5.74, 6) is 0. The van der Waals surface area contributed by atoms with Gasteiger partial charge in [-0.25, -0.2) is 0 Å². The Morgan fingerprint density at radius 1 is 0.388 bits per heavy atom. The van der Waals surface area contributed by atoms with Crippen LogP contribution in [0.25, 0.3) is 82.1 Å². The quantitative estimate of drug-likeness (QED) is 0.168. The topological polar surface area (TPSA) is 4.93 Å². The maximum Gasteiger partial charge on any atom is 0.0645 e. The summed E-state index contributed by atoms with van der Waals surface area (Å²) in [6, 6.07) is -12.0. The van der Waals surface area contributed by atoms with Crippen LogP contribution in [0.3, 0.4) is 0 Å². The molecule has 0 atom stereocenters. The van der Waals surface area contributed by atoms with Gasteiger partial charge in [0.05, 0.1) is 39.8 Å². The van der Waals surface area contributed by atoms with Crippen LogP contribution in [0.15, 0.2) is 127 Å². The van der Waals surface area contributed by atoms with Gasteiger partial charge in [0.2, 0.25) is 0 Å². The maximum absolute atomic E-state index is 9.77. The van der Waals surface area contributed by atoms with Gasteiger partial charge in [-0.2, -0.15) is 0 Å². The van der Waals surface area contributed by atoms with E-state index >= 15 is 0 Å². The van der Waals surface area contributed by atoms with Crippen LogP contribution in [0.2, 0.25) is 0 Å². The van der Waals surface area contributed by atoms with Gasteiger partial charge < -0.3 is 4.57 Å². The molecule has 0 bridgehead atoms. The predicted molar refractivity (Wildman–Crippen MR) is 213 cm³/mol. The van der Waals surface area contributed by atoms with Gasteiger partial charge in [0, 0.05) is 16.5 Å². The van der Waals surface area contributed by atoms with E-state index in [1.54, 1.807) is 39.2 Å². The number of aryl methyl sites for hydroxylation is 2. The molecule has 0 spiro atoms. The number of aromatic nitrogens is 1. The van der Waals surface area contributed by atoms with Crippen LogP contribution in [0.4, 0.5) is 0 Å². The molecule has 49 heavy (non-hydrogen) atoms. The Balaban J connectivity index is 1.44. The molecule has 1 heterocycles. The Kier molecular flexibility index (Phi) is 3.31. The van der Waals surface area contributed by atoms with Gasteiger partial charge in [0.15, 0.2) is 0 Å². The maximum atomic E-state index is 9.77. The number of fused-ring (bicyclic) bond motifs is 9. The Morgan fingerprint density at radius 3 is 1.80 bits per heavy atom. The fourth-order valence-electron chi connectivity index (χ4n) is 6.63. The minimum Gasteiger partial charge on any atom is -0.308 e. The zero-order valence-electron chi connectivity index (χ0n) is 48.4. The molecule has 0 aliphatic heterocycles. The summed E-state index contributed by atoms with van der Waals surface area (Å²) < 4.78 is 193. The highest BCUT2D eigenvalue weighted by molar-refractivity contribution is 6.26. The van der Waals surface area contributed by atoms with Crippen LogP contribution in [0, 0.1) is 41.5 Å². The van der Waals surface area contributed by atoms with Crippen LogP contribution in [0.5, 0.6) is 0 Å². The smallest absolute Gasteiger partial charge is 0.0645 e. The van der Waals surface area contributed by atoms with Crippen LogP contribution in [-0.4, -0.2) is 4.57 Å². The summed E-state index contributed by atoms with van der Waals surface area (Å²) >= 11 is 0. The highest BCUT2D eigenvalue weighted by Crippen LogP contribution is 2.41. The fourth-order valence-corrected chi connectivity index (χ4v) is 6.63. The summed E-state index contributed by atoms with van der Waals surface area (Å²) in [7, 11) is 0. The lowest BCUT2D eigenvalue weighted by Gasteiger charge is -2.19. The lowest BCUT2D eigenvalue weighted by Crippen LogP contribution is -2.02. The summed E-state index contributed by atoms with van der Waals surface area (Å²) in [6.07, 6.45) is 0. The molecular weight excluding hydrogens is 591 g/mol. The van der Waals surface area contributed by atoms with Crippen LogP contribution in [-0.2, 0) is 0 Å². The average molecular weight is 651 g/mol. The molecule has 1 heteroatoms. The third kappa shape index (κ3) is 4.39. The van der Waals surface area contributed by atoms with Crippen molar-refractivity contribution < 1.29 is 28.8 Å². The van der Waals surface area contributed by atoms with Crippen molar-refractivity contribution in [2.24, 2.45) is 0 Å². The first-order valence-corrected chi connectivity index (χ1v) is 15.7. The lowest BCUT2D eigenvalue weighted by molar-refractivity contribution is 1.11. The van der Waals surface area contributed by atoms with Crippen molar-refractivity contribution >= 4 is 54.1 Å². The number of nitrogens with zero attached hydrogens (tertiary/aromatic N) is 1. The van der Waals surface area contributed by atoms with E-state index < -0.39 is 119 Å². The summed E-state index contributed by atoms with van der Waals surface area (Å²) in [4.78, 5) is 0. The normalized spacial score (nSPS) is 17.9. The first-order valence-electron chi connectivity index (χ1n) is 26.2. The zero-order chi connectivity index (χ0) is 51.8. The minimum absolute atomic E-state index is 0.00426. The van der Waals surface area contributed by atoms with Crippen molar-refractivity contribution in [1.29, 1.82) is 0 Å². The Morgan fingerprint density at radius 2 is 1.00 bits per heavy atom. The first-order chi connectivity index (χ1) is 32.6. The van der Waals surface area contributed by atoms with Crippen molar-refractivity contribution in [3.8, 4) is 27.9 Å². The zero-order valence-corrected chi connectivity index (χ0v) is 27.4. The van der Waals surface area contributed by atoms with Crippen molar-refractivity contribution in [2.45, 2.75) is 41.5 Å². The summed E-state index contributed by atoms with van der Waals surface area (Å²) in [6.45, 7) is 9.45. The monoisotopic (exact) mass is 650 g/mol. The molecular formula is C48H39N. The van der Waals surface area contributed by atoms with Crippen molar-refractivity contribution in [3.63, 3.8) is 0 Å². The molecule has 8 aromatic carbocycles. The van der Waals surface area contributed by atoms with Gasteiger partial charge in [-0.1, -0.05) is 114 Å². The SMILES string of the molecule is [2H]c1c([2H])c(-c2c([2H])c([2H])c(-n3c4c(C)c([2H])c([2H])c([2H])c4c4c([2H])c([2H])c(C)c(C)c43)c(C)c2C)c([2H])c(-c2c([2H])c([2H])c3c4c([2H])c([2H])c(C)c([2H])c4c4c([2H])c([2H])c([2H])c([2H])c4c3c2[2H])c1[2H]. The van der Waals surface area contributed by atoms with Crippen LogP contribution < -0.4 is 0 Å². The molecule has 0 saturated heterocycles. The largest absolute Gasteiger partial charge is 0.308 e. The van der Waals surface area contributed by atoms with Gasteiger partial charge >= 0.3 is 0 Å². The average Bonchev–Trinajstić information content (AvgIpc) is 3.68. The van der Waals surface area contributed by atoms with E-state index in [0.717, 1.165) is 0 Å². The second-order valence-corrected chi connectivity index (χ2v) is 12.3. The Hall–Kier alpha value is -5.66. The van der Waals surface area contributed by atoms with Crippen molar-refractivity contribution in [3.05, 3.63) is 160 Å². The first kappa shape index (κ1) is 14.8. The molecule has 0 fully saturated rings. The second-order valence-electron chi connectivity index (χ2n) is 12.3. The molecule has 1 aromatic heterocycles. The van der Waals surface area contributed by atoms with Crippen molar-refractivity contribution in [2.75, 3.05) is 0 Å². The molecule has 0 aliphatic rings. The molecule has 1 nitrogen and oxygen atoms in total. The van der Waals surface area contributed by atoms with Gasteiger partial charge in [-0.05, 0) is 142 Å². The lowest BCUT2D eigenvalue weighted by atomic mass is 9.90. The number of hydrogen-bond donors (Lipinski definition) is 0. The molecule has 9 rings (SSSR count). The van der Waals surface area contributed by atoms with E-state index in [1.807, 2.05) is 0 Å². The van der Waals surface area contributed by atoms with Crippen LogP contribution in [0.1, 0.15) is 62.2 Å². The number of rotatable bonds is 3. The molecule has 0 unspecified atom stereocenters. The van der Waals surface area contributed by atoms with Gasteiger partial charge in [-0.3, -0.25) is 0 Å². The Labute approximate surface area is 317 Å². The van der Waals surface area contributed by atoms with Gasteiger partial charge in [0.25, 0.3) is 0 Å². The van der Waals surface area contributed by atoms with E-state index in [-0.39, 0.29) is 107 Å². The van der Waals surface area contributed by atoms with E-state index in [4.69, 9.17) is 17.8 Å². The van der Waals surface area contributed by atoms with E-state index in [1.165, 1.54) is 6.92 Å². The number of benzene rings is 8. The van der Waals surface area contributed by atoms with Gasteiger partial charge in [-0.15, -0.1) is 0 Å². The van der Waals surface area contributed by atoms with E-state index in [9.17, 15) is 11.0 Å². The fraction of sp³-hybridized carbons (Fsp3) is 0.125. The highest BCUT2D eigenvalue weighted by atomic mass is 15.0. The predicted octanol–water partition coefficient (Wildman–Crippen LogP) is 13.4. The number of hydrogen-bond acceptors (Lipinski definition) is 0. The van der Waals surface area contributed by atoms with E-state index in [0.29, 0.717) is 16.6 Å². The molecule has 236 valence electrons. The molecule has 0 radical (unpaired) electrons. The molecule has 0 saturated carbocycles. The number of para-hydroxylation sites is 1. The Bertz CT molecular complexity index is 3870. The van der Waals surface area contributed by atoms with Crippen molar-refractivity contribution in [1.82, 2.24) is 4.57 Å². The molecule has 0 N–H and O–H groups in total. The molecule has 0 aliphatic carbocycles. The standard InChI is InChI=1S/C48H39N/c1-28-17-20-40-41-22-19-35(27-45(41)39-15-8-7-14-38(39)44(40)25-28)34-12-10-13-36(26-34)37-23-24-46(33(6)32(37)5)49-47-30(3)11-9-16-42(47)43-21-18-29(2)31(4)48(43)49/h7-27H,1-6H3/i7D,8D,9D,10D,11D,12D,13D,14D,15D,16D,17D,18D,19D,20D,21D,22D,23D,24D,25D,26D,27D. The van der Waals surface area contributed by atoms with E-state index in [2.05, 4.69) is 0 Å². The highest BCUT2D eigenvalue weighted by Gasteiger charge is 2.19. The summed E-state index contributed by atoms with van der Waals surface area (Å²) in [5.41, 5.74) is 0.300. The third-order valence-corrected chi connectivity index (χ3v) is 9.39. The molecule has 9 aromatic rings. The molecule has 0 amide bonds. The minimum atomic E-state index is -0.827. The summed E-state index contributed by atoms with van der Waals surface area (Å²) in [5, 5.41) is -1.65. The van der Waals surface area contributed by atoms with Crippen LogP contribution >= 0.6 is 0 Å².